The third kappa shape index (κ3) is 2.86. The molecule has 0 aliphatic carbocycles. The van der Waals surface area contributed by atoms with Gasteiger partial charge in [-0.3, -0.25) is 4.79 Å². The van der Waals surface area contributed by atoms with Crippen LogP contribution in [0.3, 0.4) is 0 Å². The van der Waals surface area contributed by atoms with Crippen molar-refractivity contribution in [2.24, 2.45) is 5.92 Å². The maximum absolute atomic E-state index is 12.1. The van der Waals surface area contributed by atoms with Crippen LogP contribution in [0.4, 0.5) is 0 Å². The number of benzene rings is 1. The molecule has 3 nitrogen and oxygen atoms in total. The minimum Gasteiger partial charge on any atom is -0.352 e. The van der Waals surface area contributed by atoms with Gasteiger partial charge in [-0.05, 0) is 5.92 Å². The van der Waals surface area contributed by atoms with E-state index in [0.717, 1.165) is 5.56 Å². The van der Waals surface area contributed by atoms with Crippen LogP contribution in [-0.4, -0.2) is 24.0 Å². The van der Waals surface area contributed by atoms with Crippen LogP contribution in [0.5, 0.6) is 0 Å². The van der Waals surface area contributed by atoms with E-state index in [1.807, 2.05) is 35.2 Å². The monoisotopic (exact) mass is 233 g/mol. The summed E-state index contributed by atoms with van der Waals surface area (Å²) < 4.78 is 5.66. The van der Waals surface area contributed by atoms with Crippen LogP contribution in [0, 0.1) is 5.92 Å². The van der Waals surface area contributed by atoms with E-state index in [9.17, 15) is 4.79 Å². The smallest absolute Gasteiger partial charge is 0.225 e. The zero-order valence-corrected chi connectivity index (χ0v) is 10.4. The van der Waals surface area contributed by atoms with Crippen molar-refractivity contribution in [2.75, 3.05) is 13.2 Å². The molecule has 1 fully saturated rings. The fourth-order valence-corrected chi connectivity index (χ4v) is 2.09. The average molecular weight is 233 g/mol. The Balaban J connectivity index is 2.10. The normalized spacial score (nSPS) is 19.9. The maximum Gasteiger partial charge on any atom is 0.225 e. The van der Waals surface area contributed by atoms with Crippen LogP contribution in [0.1, 0.15) is 32.1 Å². The van der Waals surface area contributed by atoms with Crippen molar-refractivity contribution in [3.63, 3.8) is 0 Å². The molecule has 92 valence electrons. The van der Waals surface area contributed by atoms with E-state index in [1.54, 1.807) is 0 Å². The number of nitrogens with zero attached hydrogens (tertiary/aromatic N) is 1. The van der Waals surface area contributed by atoms with Crippen LogP contribution < -0.4 is 0 Å². The van der Waals surface area contributed by atoms with Crippen molar-refractivity contribution in [3.8, 4) is 0 Å². The molecule has 0 saturated carbocycles. The minimum atomic E-state index is -0.192. The highest BCUT2D eigenvalue weighted by atomic mass is 16.5. The van der Waals surface area contributed by atoms with Gasteiger partial charge in [-0.2, -0.15) is 0 Å². The van der Waals surface area contributed by atoms with Gasteiger partial charge in [-0.25, -0.2) is 0 Å². The van der Waals surface area contributed by atoms with Crippen LogP contribution in [0.2, 0.25) is 0 Å². The van der Waals surface area contributed by atoms with E-state index in [1.165, 1.54) is 0 Å². The second-order valence-corrected chi connectivity index (χ2v) is 4.82. The van der Waals surface area contributed by atoms with Crippen molar-refractivity contribution < 1.29 is 9.53 Å². The first kappa shape index (κ1) is 12.1. The molecular formula is C14H19NO2. The lowest BCUT2D eigenvalue weighted by Crippen LogP contribution is -2.31. The molecule has 1 heterocycles. The van der Waals surface area contributed by atoms with E-state index in [0.29, 0.717) is 25.5 Å². The van der Waals surface area contributed by atoms with Crippen molar-refractivity contribution >= 4 is 5.91 Å². The SMILES string of the molecule is CC(C)CC(=O)N1CCOC1c1ccccc1. The third-order valence-electron chi connectivity index (χ3n) is 2.88. The number of ether oxygens (including phenoxy) is 1. The van der Waals surface area contributed by atoms with Gasteiger partial charge < -0.3 is 9.64 Å². The molecule has 1 aliphatic heterocycles. The van der Waals surface area contributed by atoms with Crippen molar-refractivity contribution in [1.82, 2.24) is 4.90 Å². The second-order valence-electron chi connectivity index (χ2n) is 4.82. The van der Waals surface area contributed by atoms with Crippen molar-refractivity contribution in [2.45, 2.75) is 26.5 Å². The van der Waals surface area contributed by atoms with Crippen LogP contribution >= 0.6 is 0 Å². The van der Waals surface area contributed by atoms with Crippen LogP contribution in [0.25, 0.3) is 0 Å². The van der Waals surface area contributed by atoms with E-state index < -0.39 is 0 Å². The quantitative estimate of drug-likeness (QED) is 0.803. The first-order valence-corrected chi connectivity index (χ1v) is 6.14. The molecular weight excluding hydrogens is 214 g/mol. The molecule has 1 unspecified atom stereocenters. The van der Waals surface area contributed by atoms with Crippen molar-refractivity contribution in [3.05, 3.63) is 35.9 Å². The van der Waals surface area contributed by atoms with E-state index >= 15 is 0 Å². The highest BCUT2D eigenvalue weighted by molar-refractivity contribution is 5.77. The summed E-state index contributed by atoms with van der Waals surface area (Å²) in [7, 11) is 0. The van der Waals surface area contributed by atoms with Crippen molar-refractivity contribution in [1.29, 1.82) is 0 Å². The lowest BCUT2D eigenvalue weighted by Gasteiger charge is -2.24. The summed E-state index contributed by atoms with van der Waals surface area (Å²) in [5, 5.41) is 0. The predicted molar refractivity (Wildman–Crippen MR) is 66.3 cm³/mol. The first-order chi connectivity index (χ1) is 8.18. The molecule has 0 bridgehead atoms. The Labute approximate surface area is 102 Å². The van der Waals surface area contributed by atoms with Crippen LogP contribution in [0.15, 0.2) is 30.3 Å². The number of hydrogen-bond donors (Lipinski definition) is 0. The highest BCUT2D eigenvalue weighted by Crippen LogP contribution is 2.27. The van der Waals surface area contributed by atoms with Gasteiger partial charge in [0.2, 0.25) is 5.91 Å². The fourth-order valence-electron chi connectivity index (χ4n) is 2.09. The number of hydrogen-bond acceptors (Lipinski definition) is 2. The van der Waals surface area contributed by atoms with Gasteiger partial charge >= 0.3 is 0 Å². The molecule has 0 aromatic heterocycles. The molecule has 1 amide bonds. The summed E-state index contributed by atoms with van der Waals surface area (Å²) in [6, 6.07) is 9.93. The van der Waals surface area contributed by atoms with Gasteiger partial charge in [-0.15, -0.1) is 0 Å². The number of carbonyl (C=O) groups is 1. The van der Waals surface area contributed by atoms with Crippen LogP contribution in [-0.2, 0) is 9.53 Å². The predicted octanol–water partition coefficient (Wildman–Crippen LogP) is 2.59. The van der Waals surface area contributed by atoms with E-state index in [4.69, 9.17) is 4.74 Å². The summed E-state index contributed by atoms with van der Waals surface area (Å²) in [5.41, 5.74) is 1.06. The second kappa shape index (κ2) is 5.32. The molecule has 0 spiro atoms. The Morgan fingerprint density at radius 2 is 2.12 bits per heavy atom. The maximum atomic E-state index is 12.1. The third-order valence-corrected chi connectivity index (χ3v) is 2.88. The molecule has 0 radical (unpaired) electrons. The standard InChI is InChI=1S/C14H19NO2/c1-11(2)10-13(16)15-8-9-17-14(15)12-6-4-3-5-7-12/h3-7,11,14H,8-10H2,1-2H3. The topological polar surface area (TPSA) is 29.5 Å². The summed E-state index contributed by atoms with van der Waals surface area (Å²) >= 11 is 0. The molecule has 0 N–H and O–H groups in total. The number of rotatable bonds is 3. The van der Waals surface area contributed by atoms with Gasteiger partial charge in [0.05, 0.1) is 6.61 Å². The Bertz CT molecular complexity index is 375. The molecule has 1 aromatic carbocycles. The molecule has 17 heavy (non-hydrogen) atoms. The number of amides is 1. The van der Waals surface area contributed by atoms with Gasteiger partial charge in [0.25, 0.3) is 0 Å². The lowest BCUT2D eigenvalue weighted by atomic mass is 10.1. The average Bonchev–Trinajstić information content (AvgIpc) is 2.78. The first-order valence-electron chi connectivity index (χ1n) is 6.14. The largest absolute Gasteiger partial charge is 0.352 e. The Hall–Kier alpha value is -1.35. The molecule has 1 aliphatic rings. The zero-order chi connectivity index (χ0) is 12.3. The minimum absolute atomic E-state index is 0.186. The summed E-state index contributed by atoms with van der Waals surface area (Å²) in [6.07, 6.45) is 0.398. The Morgan fingerprint density at radius 3 is 2.76 bits per heavy atom. The van der Waals surface area contributed by atoms with Gasteiger partial charge in [0, 0.05) is 18.5 Å². The molecule has 1 aromatic rings. The molecule has 1 saturated heterocycles. The number of carbonyl (C=O) groups excluding carboxylic acids is 1. The fraction of sp³-hybridized carbons (Fsp3) is 0.500. The molecule has 3 heteroatoms. The lowest BCUT2D eigenvalue weighted by molar-refractivity contribution is -0.137. The summed E-state index contributed by atoms with van der Waals surface area (Å²) in [5.74, 6) is 0.575. The Kier molecular flexibility index (Phi) is 3.79. The van der Waals surface area contributed by atoms with E-state index in [-0.39, 0.29) is 12.1 Å². The van der Waals surface area contributed by atoms with Gasteiger partial charge in [0.1, 0.15) is 0 Å². The zero-order valence-electron chi connectivity index (χ0n) is 10.4. The van der Waals surface area contributed by atoms with E-state index in [2.05, 4.69) is 13.8 Å². The van der Waals surface area contributed by atoms with Gasteiger partial charge in [-0.1, -0.05) is 44.2 Å². The molecule has 1 atom stereocenters. The molecule has 2 rings (SSSR count). The highest BCUT2D eigenvalue weighted by Gasteiger charge is 2.30. The summed E-state index contributed by atoms with van der Waals surface area (Å²) in [4.78, 5) is 13.9. The summed E-state index contributed by atoms with van der Waals surface area (Å²) in [6.45, 7) is 5.45. The van der Waals surface area contributed by atoms with Gasteiger partial charge in [0.15, 0.2) is 6.23 Å². The Morgan fingerprint density at radius 1 is 1.41 bits per heavy atom.